The van der Waals surface area contributed by atoms with E-state index in [-0.39, 0.29) is 0 Å². The molecule has 0 unspecified atom stereocenters. The zero-order valence-corrected chi connectivity index (χ0v) is 14.8. The van der Waals surface area contributed by atoms with Gasteiger partial charge in [-0.25, -0.2) is 9.13 Å². The number of hydrogen-bond acceptors (Lipinski definition) is 4. The van der Waals surface area contributed by atoms with Crippen LogP contribution < -0.4 is 9.13 Å². The highest BCUT2D eigenvalue weighted by Crippen LogP contribution is 1.88. The molecule has 0 saturated carbocycles. The van der Waals surface area contributed by atoms with Gasteiger partial charge in [-0.15, -0.1) is 0 Å². The van der Waals surface area contributed by atoms with Crippen molar-refractivity contribution < 1.29 is 26.7 Å². The molecular weight excluding hydrogens is 316 g/mol. The summed E-state index contributed by atoms with van der Waals surface area (Å²) in [5, 5.41) is 0. The molecule has 0 saturated heterocycles. The second kappa shape index (κ2) is 10.8. The standard InChI is InChI=1S/2C8H12N.H2O4S/c2*1-3-9-6-4-5-8(2)7-9;1-5(2,3)4/h2*4-7H,3H2,1-2H3;(H2,1,2,3,4)/q2*+1;/p-2. The molecule has 0 fully saturated rings. The number of nitrogens with zero attached hydrogens (tertiary/aromatic N) is 2. The van der Waals surface area contributed by atoms with Crippen LogP contribution in [0.25, 0.3) is 0 Å². The normalized spacial score (nSPS) is 10.0. The average Bonchev–Trinajstić information content (AvgIpc) is 2.46. The molecule has 0 amide bonds. The van der Waals surface area contributed by atoms with Gasteiger partial charge in [0.15, 0.2) is 24.8 Å². The predicted octanol–water partition coefficient (Wildman–Crippen LogP) is 1.27. The van der Waals surface area contributed by atoms with Crippen LogP contribution in [0.1, 0.15) is 25.0 Å². The maximum absolute atomic E-state index is 8.52. The highest BCUT2D eigenvalue weighted by atomic mass is 32.3. The Hall–Kier alpha value is -1.83. The van der Waals surface area contributed by atoms with Crippen LogP contribution in [-0.2, 0) is 23.5 Å². The second-order valence-corrected chi connectivity index (χ2v) is 5.65. The van der Waals surface area contributed by atoms with Crippen molar-refractivity contribution in [3.05, 3.63) is 60.2 Å². The summed E-state index contributed by atoms with van der Waals surface area (Å²) >= 11 is 0. The van der Waals surface area contributed by atoms with Crippen LogP contribution in [0.4, 0.5) is 0 Å². The summed E-state index contributed by atoms with van der Waals surface area (Å²) in [6.45, 7) is 10.6. The SMILES string of the molecule is CC[n+]1cccc(C)c1.CC[n+]1cccc(C)c1.O=S(=O)([O-])[O-]. The molecule has 0 aliphatic rings. The first-order valence-electron chi connectivity index (χ1n) is 7.23. The lowest BCUT2D eigenvalue weighted by molar-refractivity contribution is -0.694. The van der Waals surface area contributed by atoms with Gasteiger partial charge in [-0.3, -0.25) is 8.42 Å². The molecule has 7 heteroatoms. The Morgan fingerprint density at radius 2 is 1.17 bits per heavy atom. The fourth-order valence-electron chi connectivity index (χ4n) is 1.70. The molecule has 0 spiro atoms. The quantitative estimate of drug-likeness (QED) is 0.468. The Labute approximate surface area is 138 Å². The van der Waals surface area contributed by atoms with E-state index in [4.69, 9.17) is 17.5 Å². The van der Waals surface area contributed by atoms with E-state index in [0.29, 0.717) is 0 Å². The third-order valence-electron chi connectivity index (χ3n) is 2.74. The minimum absolute atomic E-state index is 1.06. The van der Waals surface area contributed by atoms with Crippen molar-refractivity contribution in [1.82, 2.24) is 0 Å². The van der Waals surface area contributed by atoms with E-state index < -0.39 is 10.4 Å². The number of rotatable bonds is 2. The van der Waals surface area contributed by atoms with Gasteiger partial charge >= 0.3 is 0 Å². The highest BCUT2D eigenvalue weighted by Gasteiger charge is 1.93. The largest absolute Gasteiger partial charge is 0.759 e. The minimum atomic E-state index is -5.17. The van der Waals surface area contributed by atoms with Crippen LogP contribution in [-0.4, -0.2) is 17.5 Å². The lowest BCUT2D eigenvalue weighted by atomic mass is 10.3. The fraction of sp³-hybridized carbons (Fsp3) is 0.375. The molecule has 0 aliphatic carbocycles. The van der Waals surface area contributed by atoms with Crippen LogP contribution in [0.5, 0.6) is 0 Å². The second-order valence-electron chi connectivity index (χ2n) is 4.83. The maximum Gasteiger partial charge on any atom is 0.171 e. The van der Waals surface area contributed by atoms with Crippen molar-refractivity contribution >= 4 is 10.4 Å². The van der Waals surface area contributed by atoms with Crippen molar-refractivity contribution in [2.75, 3.05) is 0 Å². The van der Waals surface area contributed by atoms with E-state index in [1.54, 1.807) is 0 Å². The first kappa shape index (κ1) is 21.2. The monoisotopic (exact) mass is 340 g/mol. The van der Waals surface area contributed by atoms with Gasteiger partial charge in [-0.1, -0.05) is 0 Å². The molecule has 23 heavy (non-hydrogen) atoms. The number of aryl methyl sites for hydroxylation is 4. The first-order valence-corrected chi connectivity index (χ1v) is 8.57. The van der Waals surface area contributed by atoms with Gasteiger partial charge < -0.3 is 9.11 Å². The van der Waals surface area contributed by atoms with Crippen molar-refractivity contribution in [3.63, 3.8) is 0 Å². The summed E-state index contributed by atoms with van der Waals surface area (Å²) in [6, 6.07) is 8.34. The van der Waals surface area contributed by atoms with E-state index in [2.05, 4.69) is 85.9 Å². The van der Waals surface area contributed by atoms with Crippen LogP contribution in [0.15, 0.2) is 49.1 Å². The van der Waals surface area contributed by atoms with Gasteiger partial charge in [0.05, 0.1) is 0 Å². The molecule has 0 N–H and O–H groups in total. The molecule has 0 aromatic carbocycles. The van der Waals surface area contributed by atoms with Gasteiger partial charge in [-0.2, -0.15) is 0 Å². The highest BCUT2D eigenvalue weighted by molar-refractivity contribution is 7.79. The van der Waals surface area contributed by atoms with E-state index in [9.17, 15) is 0 Å². The predicted molar refractivity (Wildman–Crippen MR) is 84.6 cm³/mol. The average molecular weight is 340 g/mol. The van der Waals surface area contributed by atoms with Gasteiger partial charge in [0.25, 0.3) is 0 Å². The minimum Gasteiger partial charge on any atom is -0.759 e. The fourth-order valence-corrected chi connectivity index (χ4v) is 1.70. The van der Waals surface area contributed by atoms with Crippen molar-refractivity contribution in [3.8, 4) is 0 Å². The van der Waals surface area contributed by atoms with Crippen molar-refractivity contribution in [2.24, 2.45) is 0 Å². The van der Waals surface area contributed by atoms with Crippen LogP contribution in [0, 0.1) is 13.8 Å². The number of hydrogen-bond donors (Lipinski definition) is 0. The molecule has 0 aliphatic heterocycles. The molecule has 0 bridgehead atoms. The van der Waals surface area contributed by atoms with Gasteiger partial charge in [-0.05, 0) is 39.8 Å². The molecule has 2 heterocycles. The third kappa shape index (κ3) is 13.5. The van der Waals surface area contributed by atoms with Crippen LogP contribution >= 0.6 is 0 Å². The summed E-state index contributed by atoms with van der Waals surface area (Å²) in [7, 11) is -5.17. The lowest BCUT2D eigenvalue weighted by Gasteiger charge is -2.06. The van der Waals surface area contributed by atoms with Crippen LogP contribution in [0.2, 0.25) is 0 Å². The molecule has 6 nitrogen and oxygen atoms in total. The topological polar surface area (TPSA) is 88.0 Å². The van der Waals surface area contributed by atoms with Gasteiger partial charge in [0.2, 0.25) is 0 Å². The lowest BCUT2D eigenvalue weighted by Crippen LogP contribution is -2.30. The van der Waals surface area contributed by atoms with Crippen molar-refractivity contribution in [2.45, 2.75) is 40.8 Å². The first-order chi connectivity index (χ1) is 10.7. The Bertz CT molecular complexity index is 634. The molecule has 2 rings (SSSR count). The molecule has 0 radical (unpaired) electrons. The Morgan fingerprint density at radius 3 is 1.35 bits per heavy atom. The van der Waals surface area contributed by atoms with E-state index in [1.165, 1.54) is 11.1 Å². The van der Waals surface area contributed by atoms with Crippen LogP contribution in [0.3, 0.4) is 0 Å². The number of aromatic nitrogens is 2. The van der Waals surface area contributed by atoms with Gasteiger partial charge in [0, 0.05) is 33.7 Å². The maximum atomic E-state index is 8.52. The summed E-state index contributed by atoms with van der Waals surface area (Å²) in [5.41, 5.74) is 2.64. The summed E-state index contributed by atoms with van der Waals surface area (Å²) in [6.07, 6.45) is 8.43. The van der Waals surface area contributed by atoms with Crippen molar-refractivity contribution in [1.29, 1.82) is 0 Å². The molecule has 2 aromatic heterocycles. The molecule has 0 atom stereocenters. The molecule has 2 aromatic rings. The van der Waals surface area contributed by atoms with E-state index in [1.807, 2.05) is 0 Å². The zero-order valence-electron chi connectivity index (χ0n) is 14.0. The Balaban J connectivity index is 0.000000332. The Kier molecular flexibility index (Phi) is 9.96. The zero-order chi connectivity index (χ0) is 17.9. The smallest absolute Gasteiger partial charge is 0.171 e. The molecule has 128 valence electrons. The third-order valence-corrected chi connectivity index (χ3v) is 2.74. The summed E-state index contributed by atoms with van der Waals surface area (Å²) in [5.74, 6) is 0. The Morgan fingerprint density at radius 1 is 0.870 bits per heavy atom. The number of pyridine rings is 2. The molecular formula is C16H24N2O4S. The van der Waals surface area contributed by atoms with E-state index in [0.717, 1.165) is 13.1 Å². The van der Waals surface area contributed by atoms with Gasteiger partial charge in [0.1, 0.15) is 13.1 Å². The summed E-state index contributed by atoms with van der Waals surface area (Å²) < 4.78 is 38.4. The van der Waals surface area contributed by atoms with E-state index >= 15 is 0 Å². The summed E-state index contributed by atoms with van der Waals surface area (Å²) in [4.78, 5) is 0.